The maximum atomic E-state index is 12.6. The second kappa shape index (κ2) is 4.38. The minimum absolute atomic E-state index is 0.0753. The minimum Gasteiger partial charge on any atom is -0.456 e. The molecule has 21 heavy (non-hydrogen) atoms. The number of nitrogens with one attached hydrogen (secondary N) is 1. The minimum atomic E-state index is -4.52. The van der Waals surface area contributed by atoms with Crippen molar-refractivity contribution in [2.45, 2.75) is 24.9 Å². The molecule has 0 saturated heterocycles. The molecule has 1 aliphatic rings. The first-order valence-electron chi connectivity index (χ1n) is 6.37. The first-order valence-corrected chi connectivity index (χ1v) is 6.37. The monoisotopic (exact) mass is 295 g/mol. The van der Waals surface area contributed by atoms with Crippen LogP contribution < -0.4 is 5.32 Å². The number of anilines is 1. The SMILES string of the molecule is CC1(Cc2ccc(C(F)(F)F)o2)C(=O)Nc2ccccc21. The Labute approximate surface area is 118 Å². The molecule has 1 unspecified atom stereocenters. The summed E-state index contributed by atoms with van der Waals surface area (Å²) in [5.74, 6) is -1.15. The normalized spacial score (nSPS) is 21.2. The number of halogens is 3. The van der Waals surface area contributed by atoms with Gasteiger partial charge in [0.05, 0.1) is 5.41 Å². The summed E-state index contributed by atoms with van der Waals surface area (Å²) in [6.07, 6.45) is -4.44. The summed E-state index contributed by atoms with van der Waals surface area (Å²) in [6, 6.07) is 9.29. The van der Waals surface area contributed by atoms with E-state index in [-0.39, 0.29) is 18.1 Å². The third-order valence-corrected chi connectivity index (χ3v) is 3.74. The standard InChI is InChI=1S/C15H12F3NO2/c1-14(8-9-6-7-12(21-9)15(16,17)18)10-4-2-3-5-11(10)19-13(14)20/h2-7H,8H2,1H3,(H,19,20). The topological polar surface area (TPSA) is 42.2 Å². The molecule has 6 heteroatoms. The molecule has 1 aliphatic heterocycles. The predicted molar refractivity (Wildman–Crippen MR) is 69.8 cm³/mol. The fourth-order valence-electron chi connectivity index (χ4n) is 2.61. The van der Waals surface area contributed by atoms with Gasteiger partial charge in [-0.2, -0.15) is 13.2 Å². The molecule has 1 N–H and O–H groups in total. The average Bonchev–Trinajstić information content (AvgIpc) is 2.95. The van der Waals surface area contributed by atoms with E-state index in [1.165, 1.54) is 6.07 Å². The molecular weight excluding hydrogens is 283 g/mol. The van der Waals surface area contributed by atoms with E-state index in [9.17, 15) is 18.0 Å². The number of hydrogen-bond donors (Lipinski definition) is 1. The van der Waals surface area contributed by atoms with E-state index in [0.29, 0.717) is 5.69 Å². The molecule has 1 amide bonds. The summed E-state index contributed by atoms with van der Waals surface area (Å²) < 4.78 is 42.5. The number of amides is 1. The number of alkyl halides is 3. The van der Waals surface area contributed by atoms with Crippen LogP contribution in [0.5, 0.6) is 0 Å². The number of para-hydroxylation sites is 1. The van der Waals surface area contributed by atoms with Crippen molar-refractivity contribution in [1.82, 2.24) is 0 Å². The van der Waals surface area contributed by atoms with Crippen molar-refractivity contribution < 1.29 is 22.4 Å². The Balaban J connectivity index is 1.94. The molecule has 2 heterocycles. The van der Waals surface area contributed by atoms with Gasteiger partial charge in [0.15, 0.2) is 0 Å². The van der Waals surface area contributed by atoms with Crippen molar-refractivity contribution in [3.63, 3.8) is 0 Å². The Hall–Kier alpha value is -2.24. The van der Waals surface area contributed by atoms with Crippen molar-refractivity contribution in [1.29, 1.82) is 0 Å². The number of hydrogen-bond acceptors (Lipinski definition) is 2. The molecule has 0 saturated carbocycles. The van der Waals surface area contributed by atoms with E-state index in [1.807, 2.05) is 0 Å². The summed E-state index contributed by atoms with van der Waals surface area (Å²) >= 11 is 0. The Morgan fingerprint density at radius 1 is 1.19 bits per heavy atom. The van der Waals surface area contributed by atoms with E-state index < -0.39 is 17.4 Å². The maximum Gasteiger partial charge on any atom is 0.449 e. The molecule has 0 spiro atoms. The van der Waals surface area contributed by atoms with Crippen LogP contribution in [-0.4, -0.2) is 5.91 Å². The van der Waals surface area contributed by atoms with Gasteiger partial charge in [0.2, 0.25) is 11.7 Å². The highest BCUT2D eigenvalue weighted by atomic mass is 19.4. The summed E-state index contributed by atoms with van der Waals surface area (Å²) in [4.78, 5) is 12.2. The van der Waals surface area contributed by atoms with Crippen molar-refractivity contribution in [2.24, 2.45) is 0 Å². The van der Waals surface area contributed by atoms with Crippen LogP contribution in [0.2, 0.25) is 0 Å². The Kier molecular flexibility index (Phi) is 2.86. The highest BCUT2D eigenvalue weighted by Crippen LogP contribution is 2.40. The van der Waals surface area contributed by atoms with Crippen LogP contribution in [-0.2, 0) is 22.8 Å². The van der Waals surface area contributed by atoms with Gasteiger partial charge in [-0.3, -0.25) is 4.79 Å². The third-order valence-electron chi connectivity index (χ3n) is 3.74. The Morgan fingerprint density at radius 3 is 2.57 bits per heavy atom. The lowest BCUT2D eigenvalue weighted by atomic mass is 9.80. The number of carbonyl (C=O) groups excluding carboxylic acids is 1. The van der Waals surface area contributed by atoms with Crippen LogP contribution in [0.25, 0.3) is 0 Å². The molecule has 0 aliphatic carbocycles. The summed E-state index contributed by atoms with van der Waals surface area (Å²) in [7, 11) is 0. The Bertz CT molecular complexity index is 705. The quantitative estimate of drug-likeness (QED) is 0.916. The lowest BCUT2D eigenvalue weighted by molar-refractivity contribution is -0.153. The zero-order valence-corrected chi connectivity index (χ0v) is 11.1. The highest BCUT2D eigenvalue weighted by molar-refractivity contribution is 6.06. The Morgan fingerprint density at radius 2 is 1.90 bits per heavy atom. The predicted octanol–water partition coefficient (Wildman–Crippen LogP) is 3.75. The van der Waals surface area contributed by atoms with E-state index in [2.05, 4.69) is 5.32 Å². The maximum absolute atomic E-state index is 12.6. The fourth-order valence-corrected chi connectivity index (χ4v) is 2.61. The van der Waals surface area contributed by atoms with E-state index >= 15 is 0 Å². The lowest BCUT2D eigenvalue weighted by Gasteiger charge is -2.20. The summed E-state index contributed by atoms with van der Waals surface area (Å²) in [5.41, 5.74) is 0.518. The molecular formula is C15H12F3NO2. The number of furan rings is 1. The van der Waals surface area contributed by atoms with Gasteiger partial charge in [-0.15, -0.1) is 0 Å². The number of carbonyl (C=O) groups is 1. The van der Waals surface area contributed by atoms with Gasteiger partial charge in [0.25, 0.3) is 0 Å². The molecule has 1 atom stereocenters. The summed E-state index contributed by atoms with van der Waals surface area (Å²) in [6.45, 7) is 1.70. The first-order chi connectivity index (χ1) is 9.80. The largest absolute Gasteiger partial charge is 0.456 e. The van der Waals surface area contributed by atoms with Crippen molar-refractivity contribution >= 4 is 11.6 Å². The van der Waals surface area contributed by atoms with E-state index in [0.717, 1.165) is 11.6 Å². The average molecular weight is 295 g/mol. The zero-order chi connectivity index (χ0) is 15.3. The van der Waals surface area contributed by atoms with E-state index in [4.69, 9.17) is 4.42 Å². The third kappa shape index (κ3) is 2.20. The highest BCUT2D eigenvalue weighted by Gasteiger charge is 2.44. The molecule has 3 nitrogen and oxygen atoms in total. The van der Waals surface area contributed by atoms with Crippen molar-refractivity contribution in [2.75, 3.05) is 5.32 Å². The number of benzene rings is 1. The van der Waals surface area contributed by atoms with Crippen LogP contribution in [0.1, 0.15) is 24.0 Å². The molecule has 110 valence electrons. The second-order valence-corrected chi connectivity index (χ2v) is 5.27. The molecule has 1 aromatic carbocycles. The molecule has 1 aromatic heterocycles. The molecule has 2 aromatic rings. The van der Waals surface area contributed by atoms with Crippen molar-refractivity contribution in [3.8, 4) is 0 Å². The fraction of sp³-hybridized carbons (Fsp3) is 0.267. The first kappa shape index (κ1) is 13.7. The van der Waals surface area contributed by atoms with Crippen LogP contribution >= 0.6 is 0 Å². The summed E-state index contributed by atoms with van der Waals surface area (Å²) in [5, 5.41) is 2.74. The van der Waals surface area contributed by atoms with Gasteiger partial charge in [-0.1, -0.05) is 18.2 Å². The van der Waals surface area contributed by atoms with Gasteiger partial charge in [0.1, 0.15) is 5.76 Å². The van der Waals surface area contributed by atoms with Gasteiger partial charge in [-0.05, 0) is 30.7 Å². The van der Waals surface area contributed by atoms with Crippen LogP contribution in [0, 0.1) is 0 Å². The zero-order valence-electron chi connectivity index (χ0n) is 11.1. The lowest BCUT2D eigenvalue weighted by Crippen LogP contribution is -2.33. The van der Waals surface area contributed by atoms with Crippen LogP contribution in [0.4, 0.5) is 18.9 Å². The van der Waals surface area contributed by atoms with Gasteiger partial charge < -0.3 is 9.73 Å². The second-order valence-electron chi connectivity index (χ2n) is 5.27. The number of rotatable bonds is 2. The molecule has 0 fully saturated rings. The van der Waals surface area contributed by atoms with Gasteiger partial charge in [-0.25, -0.2) is 0 Å². The number of fused-ring (bicyclic) bond motifs is 1. The van der Waals surface area contributed by atoms with Crippen LogP contribution in [0.15, 0.2) is 40.8 Å². The van der Waals surface area contributed by atoms with Crippen molar-refractivity contribution in [3.05, 3.63) is 53.5 Å². The van der Waals surface area contributed by atoms with Gasteiger partial charge in [0, 0.05) is 12.1 Å². The van der Waals surface area contributed by atoms with Gasteiger partial charge >= 0.3 is 6.18 Å². The molecule has 0 radical (unpaired) electrons. The smallest absolute Gasteiger partial charge is 0.449 e. The molecule has 0 bridgehead atoms. The molecule has 3 rings (SSSR count). The van der Waals surface area contributed by atoms with Crippen LogP contribution in [0.3, 0.4) is 0 Å². The van der Waals surface area contributed by atoms with E-state index in [1.54, 1.807) is 31.2 Å².